The molecule has 4 aromatic rings. The van der Waals surface area contributed by atoms with Gasteiger partial charge in [0, 0.05) is 68.0 Å². The van der Waals surface area contributed by atoms with E-state index in [-0.39, 0.29) is 23.9 Å². The monoisotopic (exact) mass is 767 g/mol. The van der Waals surface area contributed by atoms with Crippen molar-refractivity contribution in [2.45, 2.75) is 51.2 Å². The number of amides is 2. The maximum atomic E-state index is 13.8. The summed E-state index contributed by atoms with van der Waals surface area (Å²) < 4.78 is 28.9. The van der Waals surface area contributed by atoms with Gasteiger partial charge in [-0.15, -0.1) is 0 Å². The van der Waals surface area contributed by atoms with Crippen molar-refractivity contribution in [3.8, 4) is 28.7 Å². The van der Waals surface area contributed by atoms with E-state index in [9.17, 15) is 9.59 Å². The van der Waals surface area contributed by atoms with Gasteiger partial charge in [0.05, 0.1) is 69.1 Å². The van der Waals surface area contributed by atoms with Crippen molar-refractivity contribution in [3.05, 3.63) is 107 Å². The molecule has 4 aliphatic heterocycles. The van der Waals surface area contributed by atoms with E-state index in [1.807, 2.05) is 49.1 Å². The number of hydrogen-bond acceptors (Lipinski definition) is 10. The molecular weight excluding hydrogens is 723 g/mol. The highest BCUT2D eigenvalue weighted by atomic mass is 16.5. The van der Waals surface area contributed by atoms with Gasteiger partial charge in [-0.05, 0) is 72.5 Å². The van der Waals surface area contributed by atoms with E-state index in [4.69, 9.17) is 33.7 Å². The van der Waals surface area contributed by atoms with E-state index < -0.39 is 0 Å². The minimum atomic E-state index is -0.203. The van der Waals surface area contributed by atoms with Gasteiger partial charge in [-0.1, -0.05) is 24.3 Å². The Morgan fingerprint density at radius 2 is 1.12 bits per heavy atom. The maximum absolute atomic E-state index is 13.8. The van der Waals surface area contributed by atoms with Crippen LogP contribution in [0.1, 0.15) is 65.0 Å². The summed E-state index contributed by atoms with van der Waals surface area (Å²) in [6.07, 6.45) is 9.32. The first-order valence-corrected chi connectivity index (χ1v) is 19.1. The molecule has 4 heterocycles. The van der Waals surface area contributed by atoms with Crippen LogP contribution >= 0.6 is 0 Å². The van der Waals surface area contributed by atoms with Crippen LogP contribution in [0.4, 0.5) is 17.1 Å². The second-order valence-corrected chi connectivity index (χ2v) is 14.5. The van der Waals surface area contributed by atoms with E-state index in [0.29, 0.717) is 84.0 Å². The van der Waals surface area contributed by atoms with Crippen LogP contribution in [0.3, 0.4) is 0 Å². The lowest BCUT2D eigenvalue weighted by atomic mass is 10.0. The van der Waals surface area contributed by atoms with Crippen LogP contribution in [0.25, 0.3) is 11.1 Å². The van der Waals surface area contributed by atoms with Crippen LogP contribution in [0, 0.1) is 0 Å². The van der Waals surface area contributed by atoms with Crippen LogP contribution < -0.4 is 29.0 Å². The number of aliphatic imine (C=N–C) groups is 2. The minimum Gasteiger partial charge on any atom is -0.497 e. The Labute approximate surface area is 332 Å². The first-order chi connectivity index (χ1) is 27.7. The summed E-state index contributed by atoms with van der Waals surface area (Å²) in [6, 6.07) is 22.9. The molecular formula is C45H45N5O7. The van der Waals surface area contributed by atoms with Gasteiger partial charge < -0.3 is 38.8 Å². The largest absolute Gasteiger partial charge is 0.497 e. The molecule has 8 rings (SSSR count). The summed E-state index contributed by atoms with van der Waals surface area (Å²) in [7, 11) is 4.73. The summed E-state index contributed by atoms with van der Waals surface area (Å²) in [4.78, 5) is 40.5. The third kappa shape index (κ3) is 7.54. The van der Waals surface area contributed by atoms with E-state index in [1.165, 1.54) is 0 Å². The normalized spacial score (nSPS) is 17.9. The van der Waals surface area contributed by atoms with Crippen LogP contribution in [0.2, 0.25) is 0 Å². The molecule has 0 saturated carbocycles. The Morgan fingerprint density at radius 3 is 1.56 bits per heavy atom. The van der Waals surface area contributed by atoms with Crippen molar-refractivity contribution in [2.75, 3.05) is 39.9 Å². The van der Waals surface area contributed by atoms with Crippen molar-refractivity contribution < 1.29 is 33.3 Å². The van der Waals surface area contributed by atoms with Gasteiger partial charge in [0.25, 0.3) is 11.8 Å². The fraction of sp³-hybridized carbons (Fsp3) is 0.289. The van der Waals surface area contributed by atoms with E-state index in [0.717, 1.165) is 33.7 Å². The molecule has 57 heavy (non-hydrogen) atoms. The molecule has 0 fully saturated rings. The molecule has 1 unspecified atom stereocenters. The molecule has 0 aliphatic carbocycles. The number of benzene rings is 4. The first-order valence-electron chi connectivity index (χ1n) is 19.1. The fourth-order valence-electron chi connectivity index (χ4n) is 7.48. The smallest absolute Gasteiger partial charge is 0.260 e. The zero-order valence-electron chi connectivity index (χ0n) is 32.7. The molecule has 0 radical (unpaired) electrons. The van der Waals surface area contributed by atoms with Crippen molar-refractivity contribution >= 4 is 52.5 Å². The average molecular weight is 768 g/mol. The SMILES string of the molecule is COc1ccc(C2=CN3C(=O)c4cc(OC)c(OCCCOc5cc6c(cc5OC)C(=O)N5C=C(c7ccc(NC(C)C)cc7)C[C@H]5C=N6)cc4N=CC3C2)cc1. The Bertz CT molecular complexity index is 2310. The number of nitrogens with zero attached hydrogens (tertiary/aromatic N) is 4. The minimum absolute atomic E-state index is 0.144. The topological polar surface area (TPSA) is 124 Å². The maximum Gasteiger partial charge on any atom is 0.260 e. The molecule has 0 spiro atoms. The number of nitrogens with one attached hydrogen (secondary N) is 1. The van der Waals surface area contributed by atoms with E-state index in [2.05, 4.69) is 43.4 Å². The Balaban J connectivity index is 0.898. The van der Waals surface area contributed by atoms with E-state index in [1.54, 1.807) is 55.4 Å². The molecule has 4 aromatic carbocycles. The summed E-state index contributed by atoms with van der Waals surface area (Å²) in [5.41, 5.74) is 7.22. The molecule has 0 saturated heterocycles. The van der Waals surface area contributed by atoms with Gasteiger partial charge in [0.15, 0.2) is 23.0 Å². The number of ether oxygens (including phenoxy) is 5. The lowest BCUT2D eigenvalue weighted by molar-refractivity contribution is 0.0809. The molecule has 12 heteroatoms. The molecule has 4 aliphatic rings. The number of carbonyl (C=O) groups excluding carboxylic acids is 2. The summed E-state index contributed by atoms with van der Waals surface area (Å²) in [5.74, 6) is 2.31. The first kappa shape index (κ1) is 37.4. The Kier molecular flexibility index (Phi) is 10.4. The third-order valence-electron chi connectivity index (χ3n) is 10.4. The van der Waals surface area contributed by atoms with Gasteiger partial charge >= 0.3 is 0 Å². The quantitative estimate of drug-likeness (QED) is 0.135. The lowest BCUT2D eigenvalue weighted by Gasteiger charge is -2.19. The standard InChI is InChI=1S/C45H45N5O7/c1-27(2)48-32-11-7-28(8-12-32)30-17-33-23-46-38-21-42(40(54-4)19-36(38)44(51)49(33)25-30)56-15-6-16-57-43-22-39-37(20-41(43)55-5)45(52)50-26-31(18-34(50)24-47-39)29-9-13-35(53-3)14-10-29/h7-14,19-27,33-34,48H,6,15-18H2,1-5H3/t33-,34?/m0/s1. The highest BCUT2D eigenvalue weighted by Crippen LogP contribution is 2.42. The van der Waals surface area contributed by atoms with Gasteiger partial charge in [-0.25, -0.2) is 0 Å². The third-order valence-corrected chi connectivity index (χ3v) is 10.4. The van der Waals surface area contributed by atoms with Gasteiger partial charge in [-0.3, -0.25) is 19.6 Å². The highest BCUT2D eigenvalue weighted by molar-refractivity contribution is 6.06. The van der Waals surface area contributed by atoms with Gasteiger partial charge in [0.2, 0.25) is 0 Å². The van der Waals surface area contributed by atoms with Crippen LogP contribution in [0.5, 0.6) is 28.7 Å². The van der Waals surface area contributed by atoms with Crippen molar-refractivity contribution in [1.82, 2.24) is 9.80 Å². The molecule has 0 aromatic heterocycles. The molecule has 0 bridgehead atoms. The average Bonchev–Trinajstić information content (AvgIpc) is 3.80. The second kappa shape index (κ2) is 15.9. The van der Waals surface area contributed by atoms with Gasteiger partial charge in [0.1, 0.15) is 5.75 Å². The number of methoxy groups -OCH3 is 3. The van der Waals surface area contributed by atoms with Crippen molar-refractivity contribution in [3.63, 3.8) is 0 Å². The molecule has 2 atom stereocenters. The number of fused-ring (bicyclic) bond motifs is 4. The number of rotatable bonds is 13. The van der Waals surface area contributed by atoms with Gasteiger partial charge in [-0.2, -0.15) is 0 Å². The van der Waals surface area contributed by atoms with Crippen molar-refractivity contribution in [2.24, 2.45) is 9.98 Å². The number of hydrogen-bond donors (Lipinski definition) is 1. The highest BCUT2D eigenvalue weighted by Gasteiger charge is 2.35. The van der Waals surface area contributed by atoms with E-state index >= 15 is 0 Å². The zero-order chi connectivity index (χ0) is 39.6. The van der Waals surface area contributed by atoms with Crippen LogP contribution in [0.15, 0.2) is 95.2 Å². The summed E-state index contributed by atoms with van der Waals surface area (Å²) in [5, 5.41) is 3.41. The number of anilines is 1. The Morgan fingerprint density at radius 1 is 0.649 bits per heavy atom. The van der Waals surface area contributed by atoms with Crippen molar-refractivity contribution in [1.29, 1.82) is 0 Å². The Hall–Kier alpha value is -6.56. The number of carbonyl (C=O) groups is 2. The molecule has 1 N–H and O–H groups in total. The van der Waals surface area contributed by atoms with Crippen LogP contribution in [-0.4, -0.2) is 86.7 Å². The predicted molar refractivity (Wildman–Crippen MR) is 221 cm³/mol. The second-order valence-electron chi connectivity index (χ2n) is 14.5. The van der Waals surface area contributed by atoms with Crippen LogP contribution in [-0.2, 0) is 0 Å². The molecule has 2 amide bonds. The molecule has 12 nitrogen and oxygen atoms in total. The molecule has 292 valence electrons. The summed E-state index contributed by atoms with van der Waals surface area (Å²) in [6.45, 7) is 4.83. The predicted octanol–water partition coefficient (Wildman–Crippen LogP) is 8.32. The lowest BCUT2D eigenvalue weighted by Crippen LogP contribution is -2.32. The summed E-state index contributed by atoms with van der Waals surface area (Å²) >= 11 is 0. The zero-order valence-corrected chi connectivity index (χ0v) is 32.7. The fourth-order valence-corrected chi connectivity index (χ4v) is 7.48.